The molecule has 1 aromatic carbocycles. The summed E-state index contributed by atoms with van der Waals surface area (Å²) in [6, 6.07) is 10.7. The monoisotopic (exact) mass is 439 g/mol. The molecule has 3 N–H and O–H groups in total. The van der Waals surface area contributed by atoms with Crippen LogP contribution in [0.4, 0.5) is 0 Å². The van der Waals surface area contributed by atoms with Crippen molar-refractivity contribution in [1.82, 2.24) is 10.3 Å². The Morgan fingerprint density at radius 1 is 1.21 bits per heavy atom. The number of halogens is 2. The van der Waals surface area contributed by atoms with Crippen LogP contribution in [0.1, 0.15) is 36.9 Å². The van der Waals surface area contributed by atoms with Crippen molar-refractivity contribution in [2.24, 2.45) is 11.1 Å². The van der Waals surface area contributed by atoms with E-state index in [1.54, 1.807) is 7.11 Å². The minimum Gasteiger partial charge on any atom is -0.496 e. The summed E-state index contributed by atoms with van der Waals surface area (Å²) in [5, 5.41) is 3.32. The molecular formula is C22H31Cl2N3O2. The summed E-state index contributed by atoms with van der Waals surface area (Å²) >= 11 is 0. The van der Waals surface area contributed by atoms with Crippen molar-refractivity contribution in [1.29, 1.82) is 0 Å². The topological polar surface area (TPSA) is 77.2 Å². The third kappa shape index (κ3) is 5.62. The third-order valence-corrected chi connectivity index (χ3v) is 5.91. The van der Waals surface area contributed by atoms with Crippen molar-refractivity contribution in [3.8, 4) is 16.9 Å². The van der Waals surface area contributed by atoms with E-state index in [2.05, 4.69) is 22.4 Å². The highest BCUT2D eigenvalue weighted by atomic mass is 35.5. The minimum absolute atomic E-state index is 0. The van der Waals surface area contributed by atoms with Crippen LogP contribution >= 0.6 is 24.8 Å². The molecule has 160 valence electrons. The number of carbonyl (C=O) groups is 1. The van der Waals surface area contributed by atoms with Crippen molar-refractivity contribution >= 4 is 30.7 Å². The number of rotatable bonds is 6. The number of aromatic nitrogens is 1. The third-order valence-electron chi connectivity index (χ3n) is 5.91. The summed E-state index contributed by atoms with van der Waals surface area (Å²) in [4.78, 5) is 16.7. The van der Waals surface area contributed by atoms with Gasteiger partial charge in [0.2, 0.25) is 5.91 Å². The highest BCUT2D eigenvalue weighted by Crippen LogP contribution is 2.41. The first-order valence-electron chi connectivity index (χ1n) is 9.54. The van der Waals surface area contributed by atoms with Crippen LogP contribution in [0, 0.1) is 12.3 Å². The van der Waals surface area contributed by atoms with Crippen LogP contribution in [0.15, 0.2) is 36.5 Å². The number of nitrogens with zero attached hydrogens (tertiary/aromatic N) is 1. The number of pyridine rings is 1. The van der Waals surface area contributed by atoms with Gasteiger partial charge in [-0.1, -0.05) is 6.07 Å². The van der Waals surface area contributed by atoms with Gasteiger partial charge in [0.1, 0.15) is 5.75 Å². The van der Waals surface area contributed by atoms with E-state index in [1.807, 2.05) is 38.4 Å². The van der Waals surface area contributed by atoms with Gasteiger partial charge in [-0.3, -0.25) is 9.78 Å². The lowest BCUT2D eigenvalue weighted by Gasteiger charge is -2.38. The molecule has 3 rings (SSSR count). The maximum Gasteiger partial charge on any atom is 0.223 e. The van der Waals surface area contributed by atoms with Crippen molar-refractivity contribution < 1.29 is 9.53 Å². The van der Waals surface area contributed by atoms with Gasteiger partial charge in [0.15, 0.2) is 0 Å². The van der Waals surface area contributed by atoms with E-state index < -0.39 is 5.41 Å². The van der Waals surface area contributed by atoms with Crippen LogP contribution in [-0.4, -0.2) is 31.1 Å². The van der Waals surface area contributed by atoms with Gasteiger partial charge >= 0.3 is 0 Å². The first-order valence-corrected chi connectivity index (χ1v) is 9.54. The second kappa shape index (κ2) is 10.8. The lowest BCUT2D eigenvalue weighted by molar-refractivity contribution is -0.129. The van der Waals surface area contributed by atoms with Crippen molar-refractivity contribution in [2.75, 3.05) is 14.2 Å². The predicted molar refractivity (Wildman–Crippen MR) is 122 cm³/mol. The maximum absolute atomic E-state index is 12.4. The molecule has 1 aliphatic carbocycles. The zero-order chi connectivity index (χ0) is 19.4. The minimum atomic E-state index is -0.507. The average molecular weight is 440 g/mol. The van der Waals surface area contributed by atoms with Crippen LogP contribution in [0.3, 0.4) is 0 Å². The molecule has 1 aromatic heterocycles. The van der Waals surface area contributed by atoms with Crippen molar-refractivity contribution in [3.05, 3.63) is 47.8 Å². The largest absolute Gasteiger partial charge is 0.496 e. The van der Waals surface area contributed by atoms with Gasteiger partial charge in [-0.2, -0.15) is 0 Å². The van der Waals surface area contributed by atoms with E-state index in [0.717, 1.165) is 53.8 Å². The number of nitrogens with two attached hydrogens (primary N) is 1. The Labute approximate surface area is 185 Å². The van der Waals surface area contributed by atoms with Gasteiger partial charge < -0.3 is 15.8 Å². The summed E-state index contributed by atoms with van der Waals surface area (Å²) in [6.07, 6.45) is 5.96. The molecule has 1 fully saturated rings. The Balaban J connectivity index is 0.00000210. The van der Waals surface area contributed by atoms with Crippen molar-refractivity contribution in [3.63, 3.8) is 0 Å². The van der Waals surface area contributed by atoms with E-state index in [-0.39, 0.29) is 30.7 Å². The van der Waals surface area contributed by atoms with E-state index >= 15 is 0 Å². The fraction of sp³-hybridized carbons (Fsp3) is 0.455. The normalized spacial score (nSPS) is 20.9. The molecule has 0 unspecified atom stereocenters. The number of amides is 1. The Bertz CT molecular complexity index is 821. The van der Waals surface area contributed by atoms with Gasteiger partial charge in [0.25, 0.3) is 0 Å². The quantitative estimate of drug-likeness (QED) is 0.710. The number of primary amides is 1. The first-order chi connectivity index (χ1) is 13.0. The van der Waals surface area contributed by atoms with Gasteiger partial charge in [-0.25, -0.2) is 0 Å². The second-order valence-corrected chi connectivity index (χ2v) is 7.60. The number of nitrogens with one attached hydrogen (secondary N) is 1. The highest BCUT2D eigenvalue weighted by molar-refractivity contribution is 5.85. The number of carbonyl (C=O) groups excluding carboxylic acids is 1. The lowest BCUT2D eigenvalue weighted by atomic mass is 9.68. The SMILES string of the molecule is CNC1CCC(Cc2cc(-c3ccnc(C)c3)ccc2OC)(C(N)=O)CC1.Cl.Cl. The Kier molecular flexibility index (Phi) is 9.40. The van der Waals surface area contributed by atoms with Gasteiger partial charge in [-0.15, -0.1) is 24.8 Å². The van der Waals surface area contributed by atoms with Crippen LogP contribution in [0.25, 0.3) is 11.1 Å². The summed E-state index contributed by atoms with van der Waals surface area (Å²) in [7, 11) is 3.65. The first kappa shape index (κ1) is 25.2. The van der Waals surface area contributed by atoms with E-state index in [9.17, 15) is 4.79 Å². The molecule has 0 atom stereocenters. The number of hydrogen-bond acceptors (Lipinski definition) is 4. The average Bonchev–Trinajstić information content (AvgIpc) is 2.68. The predicted octanol–water partition coefficient (Wildman–Crippen LogP) is 4.09. The van der Waals surface area contributed by atoms with Gasteiger partial charge in [0.05, 0.1) is 12.5 Å². The molecular weight excluding hydrogens is 409 g/mol. The summed E-state index contributed by atoms with van der Waals surface area (Å²) in [5.74, 6) is 0.602. The molecule has 0 spiro atoms. The van der Waals surface area contributed by atoms with E-state index in [1.165, 1.54) is 0 Å². The summed E-state index contributed by atoms with van der Waals surface area (Å²) < 4.78 is 5.59. The fourth-order valence-corrected chi connectivity index (χ4v) is 4.16. The smallest absolute Gasteiger partial charge is 0.223 e. The van der Waals surface area contributed by atoms with Crippen LogP contribution < -0.4 is 15.8 Å². The van der Waals surface area contributed by atoms with E-state index in [4.69, 9.17) is 10.5 Å². The lowest BCUT2D eigenvalue weighted by Crippen LogP contribution is -2.45. The maximum atomic E-state index is 12.4. The number of aryl methyl sites for hydroxylation is 1. The molecule has 0 bridgehead atoms. The molecule has 0 radical (unpaired) electrons. The summed E-state index contributed by atoms with van der Waals surface area (Å²) in [6.45, 7) is 1.98. The molecule has 2 aromatic rings. The van der Waals surface area contributed by atoms with Crippen LogP contribution in [-0.2, 0) is 11.2 Å². The number of methoxy groups -OCH3 is 1. The van der Waals surface area contributed by atoms with E-state index in [0.29, 0.717) is 12.5 Å². The Morgan fingerprint density at radius 3 is 2.41 bits per heavy atom. The molecule has 0 saturated heterocycles. The number of ether oxygens (including phenoxy) is 1. The molecule has 1 saturated carbocycles. The van der Waals surface area contributed by atoms with Crippen LogP contribution in [0.2, 0.25) is 0 Å². The molecule has 1 amide bonds. The fourth-order valence-electron chi connectivity index (χ4n) is 4.16. The standard InChI is InChI=1S/C22H29N3O2.2ClH/c1-15-12-17(8-11-25-15)16-4-5-20(27-3)18(13-16)14-22(21(23)26)9-6-19(24-2)7-10-22;;/h4-5,8,11-13,19,24H,6-7,9-10,14H2,1-3H3,(H2,23,26);2*1H. The molecule has 5 nitrogen and oxygen atoms in total. The molecule has 29 heavy (non-hydrogen) atoms. The second-order valence-electron chi connectivity index (χ2n) is 7.60. The molecule has 1 aliphatic rings. The molecule has 1 heterocycles. The molecule has 7 heteroatoms. The zero-order valence-corrected chi connectivity index (χ0v) is 18.9. The Morgan fingerprint density at radius 2 is 1.86 bits per heavy atom. The van der Waals surface area contributed by atoms with Gasteiger partial charge in [-0.05, 0) is 87.0 Å². The highest BCUT2D eigenvalue weighted by Gasteiger charge is 2.40. The summed E-state index contributed by atoms with van der Waals surface area (Å²) in [5.41, 5.74) is 9.60. The molecule has 0 aliphatic heterocycles. The number of benzene rings is 1. The van der Waals surface area contributed by atoms with Gasteiger partial charge in [0, 0.05) is 17.9 Å². The van der Waals surface area contributed by atoms with Crippen LogP contribution in [0.5, 0.6) is 5.75 Å². The number of hydrogen-bond donors (Lipinski definition) is 2. The van der Waals surface area contributed by atoms with Crippen molar-refractivity contribution in [2.45, 2.75) is 45.1 Å². The zero-order valence-electron chi connectivity index (χ0n) is 17.2. The Hall–Kier alpha value is -1.82.